The van der Waals surface area contributed by atoms with Crippen LogP contribution in [0.1, 0.15) is 5.56 Å². The van der Waals surface area contributed by atoms with Crippen LogP contribution in [0.5, 0.6) is 0 Å². The number of nitrogens with zero attached hydrogens (tertiary/aromatic N) is 1. The Bertz CT molecular complexity index is 446. The van der Waals surface area contributed by atoms with Gasteiger partial charge in [-0.1, -0.05) is 42.1 Å². The molecule has 0 aliphatic rings. The Labute approximate surface area is 93.6 Å². The molecule has 2 rings (SSSR count). The summed E-state index contributed by atoms with van der Waals surface area (Å²) in [5, 5.41) is 7.30. The van der Waals surface area contributed by atoms with Crippen molar-refractivity contribution in [2.45, 2.75) is 10.1 Å². The average Bonchev–Trinajstić information content (AvgIpc) is 2.63. The summed E-state index contributed by atoms with van der Waals surface area (Å²) in [5.41, 5.74) is 1.30. The lowest BCUT2D eigenvalue weighted by Crippen LogP contribution is -1.92. The van der Waals surface area contributed by atoms with Crippen molar-refractivity contribution in [1.29, 1.82) is 5.41 Å². The van der Waals surface area contributed by atoms with Gasteiger partial charge in [0.1, 0.15) is 0 Å². The van der Waals surface area contributed by atoms with Crippen LogP contribution < -0.4 is 4.80 Å². The number of hydrogen-bond donors (Lipinski definition) is 1. The Morgan fingerprint density at radius 3 is 2.64 bits per heavy atom. The Kier molecular flexibility index (Phi) is 3.34. The standard InChI is InChI=1S/C9H8N2S3/c10-8-11-9(14-13-8)12-6-7-4-2-1-3-5-7/h1-5,10H,6H2. The fourth-order valence-corrected chi connectivity index (χ4v) is 3.91. The molecule has 0 aliphatic heterocycles. The second-order valence-corrected chi connectivity index (χ2v) is 5.95. The molecule has 72 valence electrons. The van der Waals surface area contributed by atoms with E-state index in [1.54, 1.807) is 22.1 Å². The predicted octanol–water partition coefficient (Wildman–Crippen LogP) is 2.98. The second kappa shape index (κ2) is 4.72. The quantitative estimate of drug-likeness (QED) is 0.661. The van der Waals surface area contributed by atoms with E-state index in [9.17, 15) is 0 Å². The summed E-state index contributed by atoms with van der Waals surface area (Å²) in [4.78, 5) is 4.50. The van der Waals surface area contributed by atoms with E-state index < -0.39 is 0 Å². The van der Waals surface area contributed by atoms with Crippen LogP contribution in [0.25, 0.3) is 0 Å². The van der Waals surface area contributed by atoms with E-state index in [0.717, 1.165) is 10.1 Å². The van der Waals surface area contributed by atoms with E-state index in [1.807, 2.05) is 18.2 Å². The molecule has 0 saturated heterocycles. The van der Waals surface area contributed by atoms with Gasteiger partial charge < -0.3 is 0 Å². The van der Waals surface area contributed by atoms with Gasteiger partial charge in [0.2, 0.25) is 4.80 Å². The van der Waals surface area contributed by atoms with Gasteiger partial charge in [-0.2, -0.15) is 0 Å². The van der Waals surface area contributed by atoms with Gasteiger partial charge in [-0.05, 0) is 26.2 Å². The van der Waals surface area contributed by atoms with Crippen molar-refractivity contribution in [2.24, 2.45) is 0 Å². The van der Waals surface area contributed by atoms with E-state index in [2.05, 4.69) is 17.1 Å². The Hall–Kier alpha value is -0.650. The van der Waals surface area contributed by atoms with Gasteiger partial charge in [-0.3, -0.25) is 5.41 Å². The molecule has 1 aromatic carbocycles. The molecule has 2 aromatic rings. The van der Waals surface area contributed by atoms with Crippen LogP contribution in [-0.4, -0.2) is 4.98 Å². The fraction of sp³-hybridized carbons (Fsp3) is 0.111. The third kappa shape index (κ3) is 2.67. The summed E-state index contributed by atoms with van der Waals surface area (Å²) in [7, 11) is 2.99. The minimum atomic E-state index is 0.408. The van der Waals surface area contributed by atoms with E-state index in [4.69, 9.17) is 5.41 Å². The molecule has 0 unspecified atom stereocenters. The van der Waals surface area contributed by atoms with Crippen LogP contribution in [0.2, 0.25) is 0 Å². The van der Waals surface area contributed by atoms with Crippen LogP contribution in [0.15, 0.2) is 34.7 Å². The van der Waals surface area contributed by atoms with Gasteiger partial charge in [0.15, 0.2) is 4.34 Å². The maximum Gasteiger partial charge on any atom is 0.213 e. The van der Waals surface area contributed by atoms with Crippen molar-refractivity contribution in [1.82, 2.24) is 4.98 Å². The first-order valence-corrected chi connectivity index (χ1v) is 7.16. The highest BCUT2D eigenvalue weighted by Crippen LogP contribution is 2.24. The minimum Gasteiger partial charge on any atom is -0.273 e. The number of aromatic nitrogens is 1. The van der Waals surface area contributed by atoms with Crippen molar-refractivity contribution < 1.29 is 0 Å². The highest BCUT2D eigenvalue weighted by atomic mass is 32.9. The molecule has 0 bridgehead atoms. The smallest absolute Gasteiger partial charge is 0.213 e. The molecule has 1 N–H and O–H groups in total. The lowest BCUT2D eigenvalue weighted by Gasteiger charge is -1.96. The summed E-state index contributed by atoms with van der Waals surface area (Å²) in [6, 6.07) is 10.3. The summed E-state index contributed by atoms with van der Waals surface area (Å²) < 4.78 is 0.990. The van der Waals surface area contributed by atoms with Gasteiger partial charge >= 0.3 is 0 Å². The summed E-state index contributed by atoms with van der Waals surface area (Å²) in [6.07, 6.45) is 0. The molecule has 0 spiro atoms. The molecule has 0 saturated carbocycles. The number of rotatable bonds is 3. The average molecular weight is 240 g/mol. The van der Waals surface area contributed by atoms with Crippen LogP contribution in [0, 0.1) is 5.41 Å². The molecule has 0 radical (unpaired) electrons. The first-order valence-electron chi connectivity index (χ1n) is 4.03. The van der Waals surface area contributed by atoms with Gasteiger partial charge in [-0.25, -0.2) is 4.98 Å². The number of benzene rings is 1. The molecular formula is C9H8N2S3. The molecule has 0 aliphatic carbocycles. The summed E-state index contributed by atoms with van der Waals surface area (Å²) >= 11 is 1.69. The van der Waals surface area contributed by atoms with E-state index in [0.29, 0.717) is 4.80 Å². The molecule has 1 heterocycles. The largest absolute Gasteiger partial charge is 0.273 e. The number of nitrogens with one attached hydrogen (secondary N) is 1. The minimum absolute atomic E-state index is 0.408. The fourth-order valence-electron chi connectivity index (χ4n) is 0.971. The van der Waals surface area contributed by atoms with E-state index >= 15 is 0 Å². The molecule has 0 amide bonds. The Morgan fingerprint density at radius 1 is 1.21 bits per heavy atom. The van der Waals surface area contributed by atoms with Gasteiger partial charge in [0.25, 0.3) is 0 Å². The van der Waals surface area contributed by atoms with Gasteiger partial charge in [0.05, 0.1) is 0 Å². The predicted molar refractivity (Wildman–Crippen MR) is 61.8 cm³/mol. The molecule has 2 nitrogen and oxygen atoms in total. The SMILES string of the molecule is N=c1nc(SCc2ccccc2)ss1. The third-order valence-corrected chi connectivity index (χ3v) is 5.09. The van der Waals surface area contributed by atoms with Crippen molar-refractivity contribution >= 4 is 32.4 Å². The highest BCUT2D eigenvalue weighted by Gasteiger charge is 1.99. The van der Waals surface area contributed by atoms with Crippen molar-refractivity contribution in [2.75, 3.05) is 0 Å². The molecule has 0 atom stereocenters. The van der Waals surface area contributed by atoms with E-state index in [1.165, 1.54) is 15.9 Å². The Balaban J connectivity index is 1.98. The lowest BCUT2D eigenvalue weighted by atomic mass is 10.2. The van der Waals surface area contributed by atoms with E-state index in [-0.39, 0.29) is 0 Å². The summed E-state index contributed by atoms with van der Waals surface area (Å²) in [6.45, 7) is 0. The highest BCUT2D eigenvalue weighted by molar-refractivity contribution is 8.01. The van der Waals surface area contributed by atoms with Crippen LogP contribution in [-0.2, 0) is 5.75 Å². The topological polar surface area (TPSA) is 36.7 Å². The molecular weight excluding hydrogens is 232 g/mol. The molecule has 14 heavy (non-hydrogen) atoms. The van der Waals surface area contributed by atoms with Crippen molar-refractivity contribution in [3.8, 4) is 0 Å². The van der Waals surface area contributed by atoms with Crippen molar-refractivity contribution in [3.63, 3.8) is 0 Å². The zero-order valence-corrected chi connectivity index (χ0v) is 9.72. The maximum absolute atomic E-state index is 7.30. The van der Waals surface area contributed by atoms with Crippen LogP contribution in [0.3, 0.4) is 0 Å². The lowest BCUT2D eigenvalue weighted by molar-refractivity contribution is 1.10. The van der Waals surface area contributed by atoms with Crippen molar-refractivity contribution in [3.05, 3.63) is 40.7 Å². The molecule has 0 fully saturated rings. The number of hydrogen-bond acceptors (Lipinski definition) is 5. The second-order valence-electron chi connectivity index (χ2n) is 2.62. The Morgan fingerprint density at radius 2 is 2.00 bits per heavy atom. The van der Waals surface area contributed by atoms with Crippen LogP contribution in [0.4, 0.5) is 0 Å². The first kappa shape index (κ1) is 9.89. The van der Waals surface area contributed by atoms with Gasteiger partial charge in [-0.15, -0.1) is 0 Å². The zero-order chi connectivity index (χ0) is 9.80. The summed E-state index contributed by atoms with van der Waals surface area (Å²) in [5.74, 6) is 0.931. The number of thioether (sulfide) groups is 1. The monoisotopic (exact) mass is 240 g/mol. The first-order chi connectivity index (χ1) is 6.84. The van der Waals surface area contributed by atoms with Crippen LogP contribution >= 0.6 is 32.4 Å². The maximum atomic E-state index is 7.30. The van der Waals surface area contributed by atoms with Gasteiger partial charge in [0, 0.05) is 5.75 Å². The third-order valence-electron chi connectivity index (χ3n) is 1.59. The molecule has 1 aromatic heterocycles. The normalized spacial score (nSPS) is 10.3. The zero-order valence-electron chi connectivity index (χ0n) is 7.27. The molecule has 5 heteroatoms.